The average Bonchev–Trinajstić information content (AvgIpc) is 2.75. The third kappa shape index (κ3) is 5.83. The first kappa shape index (κ1) is 21.4. The van der Waals surface area contributed by atoms with E-state index in [2.05, 4.69) is 22.3 Å². The molecule has 7 heteroatoms. The van der Waals surface area contributed by atoms with Crippen molar-refractivity contribution in [2.75, 3.05) is 36.4 Å². The number of nitrogens with zero attached hydrogens (tertiary/aromatic N) is 2. The van der Waals surface area contributed by atoms with Crippen molar-refractivity contribution in [3.63, 3.8) is 0 Å². The van der Waals surface area contributed by atoms with Crippen LogP contribution in [0.2, 0.25) is 0 Å². The van der Waals surface area contributed by atoms with Crippen LogP contribution >= 0.6 is 0 Å². The third-order valence-electron chi connectivity index (χ3n) is 4.99. The van der Waals surface area contributed by atoms with E-state index < -0.39 is 12.1 Å². The maximum Gasteiger partial charge on any atom is 0.311 e. The van der Waals surface area contributed by atoms with Gasteiger partial charge in [-0.2, -0.15) is 0 Å². The molecule has 0 bridgehead atoms. The van der Waals surface area contributed by atoms with E-state index in [1.807, 2.05) is 18.2 Å². The molecular formula is C23H27N3O4. The van der Waals surface area contributed by atoms with Crippen molar-refractivity contribution in [3.05, 3.63) is 60.2 Å². The molecule has 1 aliphatic heterocycles. The van der Waals surface area contributed by atoms with Crippen molar-refractivity contribution in [2.45, 2.75) is 26.4 Å². The molecule has 0 aliphatic carbocycles. The zero-order valence-electron chi connectivity index (χ0n) is 17.3. The largest absolute Gasteiger partial charge is 0.452 e. The SMILES string of the molecule is CC(=O)Nc1ccc(CC(=O)O[C@@H](C)C(=O)N2CCN(c3ccccc3)CC2)cc1. The predicted molar refractivity (Wildman–Crippen MR) is 115 cm³/mol. The second-order valence-corrected chi connectivity index (χ2v) is 7.33. The summed E-state index contributed by atoms with van der Waals surface area (Å²) in [5.74, 6) is -0.776. The molecule has 0 radical (unpaired) electrons. The van der Waals surface area contributed by atoms with Gasteiger partial charge in [-0.25, -0.2) is 0 Å². The van der Waals surface area contributed by atoms with E-state index in [9.17, 15) is 14.4 Å². The van der Waals surface area contributed by atoms with Gasteiger partial charge in [0.2, 0.25) is 5.91 Å². The van der Waals surface area contributed by atoms with E-state index in [0.717, 1.165) is 24.3 Å². The van der Waals surface area contributed by atoms with Crippen molar-refractivity contribution < 1.29 is 19.1 Å². The highest BCUT2D eigenvalue weighted by Gasteiger charge is 2.27. The van der Waals surface area contributed by atoms with Crippen LogP contribution in [0.3, 0.4) is 0 Å². The molecule has 0 spiro atoms. The number of rotatable bonds is 6. The van der Waals surface area contributed by atoms with Gasteiger partial charge in [0.05, 0.1) is 6.42 Å². The molecule has 30 heavy (non-hydrogen) atoms. The number of piperazine rings is 1. The number of ether oxygens (including phenoxy) is 1. The van der Waals surface area contributed by atoms with Crippen LogP contribution < -0.4 is 10.2 Å². The molecule has 2 aromatic rings. The molecule has 1 atom stereocenters. The lowest BCUT2D eigenvalue weighted by Gasteiger charge is -2.37. The second-order valence-electron chi connectivity index (χ2n) is 7.33. The Labute approximate surface area is 176 Å². The monoisotopic (exact) mass is 409 g/mol. The smallest absolute Gasteiger partial charge is 0.311 e. The zero-order chi connectivity index (χ0) is 21.5. The number of hydrogen-bond acceptors (Lipinski definition) is 5. The lowest BCUT2D eigenvalue weighted by molar-refractivity contribution is -0.158. The summed E-state index contributed by atoms with van der Waals surface area (Å²) in [7, 11) is 0. The van der Waals surface area contributed by atoms with Crippen LogP contribution in [0.25, 0.3) is 0 Å². The Balaban J connectivity index is 1.46. The molecule has 2 amide bonds. The topological polar surface area (TPSA) is 78.9 Å². The van der Waals surface area contributed by atoms with Crippen LogP contribution in [0.4, 0.5) is 11.4 Å². The van der Waals surface area contributed by atoms with Crippen molar-refractivity contribution >= 4 is 29.2 Å². The van der Waals surface area contributed by atoms with Crippen molar-refractivity contribution in [3.8, 4) is 0 Å². The van der Waals surface area contributed by atoms with Crippen molar-refractivity contribution in [2.24, 2.45) is 0 Å². The molecule has 1 heterocycles. The van der Waals surface area contributed by atoms with E-state index >= 15 is 0 Å². The summed E-state index contributed by atoms with van der Waals surface area (Å²) in [5.41, 5.74) is 2.57. The van der Waals surface area contributed by atoms with Gasteiger partial charge in [0.25, 0.3) is 5.91 Å². The minimum atomic E-state index is -0.820. The van der Waals surface area contributed by atoms with E-state index in [-0.39, 0.29) is 18.2 Å². The zero-order valence-corrected chi connectivity index (χ0v) is 17.3. The normalized spacial score (nSPS) is 14.7. The number of hydrogen-bond donors (Lipinski definition) is 1. The predicted octanol–water partition coefficient (Wildman–Crippen LogP) is 2.47. The van der Waals surface area contributed by atoms with E-state index in [1.165, 1.54) is 6.92 Å². The molecular weight excluding hydrogens is 382 g/mol. The van der Waals surface area contributed by atoms with Crippen LogP contribution in [-0.4, -0.2) is 55.0 Å². The first-order valence-electron chi connectivity index (χ1n) is 10.1. The number of esters is 1. The Morgan fingerprint density at radius 3 is 2.20 bits per heavy atom. The van der Waals surface area contributed by atoms with Crippen LogP contribution in [0, 0.1) is 0 Å². The molecule has 158 valence electrons. The minimum absolute atomic E-state index is 0.0692. The van der Waals surface area contributed by atoms with Gasteiger partial charge in [-0.05, 0) is 36.8 Å². The second kappa shape index (κ2) is 9.91. The first-order valence-corrected chi connectivity index (χ1v) is 10.1. The highest BCUT2D eigenvalue weighted by molar-refractivity contribution is 5.88. The summed E-state index contributed by atoms with van der Waals surface area (Å²) in [6, 6.07) is 17.1. The molecule has 0 saturated carbocycles. The van der Waals surface area contributed by atoms with Crippen LogP contribution in [0.15, 0.2) is 54.6 Å². The van der Waals surface area contributed by atoms with Crippen molar-refractivity contribution in [1.29, 1.82) is 0 Å². The number of carbonyl (C=O) groups is 3. The van der Waals surface area contributed by atoms with Crippen LogP contribution in [0.1, 0.15) is 19.4 Å². The standard InChI is InChI=1S/C23H27N3O4/c1-17(30-22(28)16-19-8-10-20(11-9-19)24-18(2)27)23(29)26-14-12-25(13-15-26)21-6-4-3-5-7-21/h3-11,17H,12-16H2,1-2H3,(H,24,27)/t17-/m0/s1. The lowest BCUT2D eigenvalue weighted by Crippen LogP contribution is -2.51. The molecule has 3 rings (SSSR count). The van der Waals surface area contributed by atoms with E-state index in [4.69, 9.17) is 4.74 Å². The van der Waals surface area contributed by atoms with Gasteiger partial charge in [-0.1, -0.05) is 30.3 Å². The van der Waals surface area contributed by atoms with Gasteiger partial charge in [-0.3, -0.25) is 14.4 Å². The fourth-order valence-corrected chi connectivity index (χ4v) is 3.45. The fraction of sp³-hybridized carbons (Fsp3) is 0.348. The molecule has 1 N–H and O–H groups in total. The minimum Gasteiger partial charge on any atom is -0.452 e. The van der Waals surface area contributed by atoms with Gasteiger partial charge in [0.1, 0.15) is 0 Å². The summed E-state index contributed by atoms with van der Waals surface area (Å²) in [4.78, 5) is 40.0. The Hall–Kier alpha value is -3.35. The third-order valence-corrected chi connectivity index (χ3v) is 4.99. The van der Waals surface area contributed by atoms with Gasteiger partial charge in [-0.15, -0.1) is 0 Å². The average molecular weight is 409 g/mol. The van der Waals surface area contributed by atoms with Gasteiger partial charge >= 0.3 is 5.97 Å². The summed E-state index contributed by atoms with van der Waals surface area (Å²) < 4.78 is 5.36. The molecule has 0 unspecified atom stereocenters. The van der Waals surface area contributed by atoms with Crippen molar-refractivity contribution in [1.82, 2.24) is 4.90 Å². The Bertz CT molecular complexity index is 875. The van der Waals surface area contributed by atoms with Gasteiger partial charge < -0.3 is 19.9 Å². The Morgan fingerprint density at radius 2 is 1.60 bits per heavy atom. The molecule has 1 aliphatic rings. The molecule has 1 saturated heterocycles. The Kier molecular flexibility index (Phi) is 7.06. The number of benzene rings is 2. The molecule has 1 fully saturated rings. The van der Waals surface area contributed by atoms with Crippen LogP contribution in [0.5, 0.6) is 0 Å². The van der Waals surface area contributed by atoms with E-state index in [1.54, 1.807) is 36.1 Å². The number of amides is 2. The highest BCUT2D eigenvalue weighted by Crippen LogP contribution is 2.16. The van der Waals surface area contributed by atoms with Gasteiger partial charge in [0.15, 0.2) is 6.10 Å². The molecule has 0 aromatic heterocycles. The fourth-order valence-electron chi connectivity index (χ4n) is 3.45. The summed E-state index contributed by atoms with van der Waals surface area (Å²) in [6.07, 6.45) is -0.751. The summed E-state index contributed by atoms with van der Waals surface area (Å²) in [6.45, 7) is 5.74. The van der Waals surface area contributed by atoms with Gasteiger partial charge in [0, 0.05) is 44.5 Å². The highest BCUT2D eigenvalue weighted by atomic mass is 16.5. The quantitative estimate of drug-likeness (QED) is 0.742. The Morgan fingerprint density at radius 1 is 0.967 bits per heavy atom. The maximum atomic E-state index is 12.7. The number of anilines is 2. The first-order chi connectivity index (χ1) is 14.4. The summed E-state index contributed by atoms with van der Waals surface area (Å²) in [5, 5.41) is 2.67. The lowest BCUT2D eigenvalue weighted by atomic mass is 10.1. The maximum absolute atomic E-state index is 12.7. The summed E-state index contributed by atoms with van der Waals surface area (Å²) >= 11 is 0. The van der Waals surface area contributed by atoms with E-state index in [0.29, 0.717) is 18.8 Å². The molecule has 7 nitrogen and oxygen atoms in total. The number of nitrogens with one attached hydrogen (secondary N) is 1. The number of carbonyl (C=O) groups excluding carboxylic acids is 3. The molecule has 2 aromatic carbocycles. The number of para-hydroxylation sites is 1. The van der Waals surface area contributed by atoms with Crippen LogP contribution in [-0.2, 0) is 25.5 Å².